The molecule has 1 unspecified atom stereocenters. The summed E-state index contributed by atoms with van der Waals surface area (Å²) in [6.07, 6.45) is 0.0770. The van der Waals surface area contributed by atoms with Crippen LogP contribution in [0.5, 0.6) is 5.75 Å². The second-order valence-electron chi connectivity index (χ2n) is 9.43. The molecule has 4 N–H and O–H groups in total. The molecular formula is C27H31ClN4O7. The number of esters is 1. The summed E-state index contributed by atoms with van der Waals surface area (Å²) < 4.78 is 16.2. The van der Waals surface area contributed by atoms with E-state index in [1.54, 1.807) is 0 Å². The molecule has 0 aliphatic carbocycles. The van der Waals surface area contributed by atoms with Gasteiger partial charge in [0.2, 0.25) is 18.1 Å². The summed E-state index contributed by atoms with van der Waals surface area (Å²) >= 11 is 6.06. The highest BCUT2D eigenvalue weighted by atomic mass is 35.5. The number of nitrogens with one attached hydrogen (secondary N) is 2. The van der Waals surface area contributed by atoms with Crippen LogP contribution in [0.1, 0.15) is 42.1 Å². The van der Waals surface area contributed by atoms with Crippen molar-refractivity contribution in [3.05, 3.63) is 58.6 Å². The topological polar surface area (TPSA) is 149 Å². The lowest BCUT2D eigenvalue weighted by atomic mass is 10.1. The Kier molecular flexibility index (Phi) is 8.93. The molecule has 0 aromatic heterocycles. The Morgan fingerprint density at radius 3 is 2.69 bits per heavy atom. The molecule has 4 atom stereocenters. The zero-order chi connectivity index (χ0) is 28.1. The molecule has 4 rings (SSSR count). The Hall–Kier alpha value is -3.83. The number of likely N-dealkylation sites (tertiary alicyclic amines) is 1. The van der Waals surface area contributed by atoms with Crippen molar-refractivity contribution in [2.75, 3.05) is 19.4 Å². The van der Waals surface area contributed by atoms with Gasteiger partial charge in [-0.25, -0.2) is 0 Å². The van der Waals surface area contributed by atoms with Gasteiger partial charge in [0.15, 0.2) is 0 Å². The third kappa shape index (κ3) is 6.61. The molecule has 2 heterocycles. The fourth-order valence-electron chi connectivity index (χ4n) is 4.64. The third-order valence-corrected chi connectivity index (χ3v) is 6.99. The molecule has 3 amide bonds. The molecule has 208 valence electrons. The van der Waals surface area contributed by atoms with Crippen molar-refractivity contribution in [3.63, 3.8) is 0 Å². The molecule has 2 aromatic carbocycles. The first-order valence-electron chi connectivity index (χ1n) is 12.6. The number of nitrogen functional groups attached to an aromatic ring is 1. The number of amides is 3. The largest absolute Gasteiger partial charge is 0.496 e. The maximum Gasteiger partial charge on any atom is 0.310 e. The smallest absolute Gasteiger partial charge is 0.310 e. The van der Waals surface area contributed by atoms with Gasteiger partial charge in [-0.15, -0.1) is 0 Å². The number of carbonyl (C=O) groups excluding carboxylic acids is 4. The van der Waals surface area contributed by atoms with Crippen molar-refractivity contribution in [1.29, 1.82) is 0 Å². The highest BCUT2D eigenvalue weighted by molar-refractivity contribution is 6.33. The van der Waals surface area contributed by atoms with Crippen LogP contribution in [0.25, 0.3) is 0 Å². The van der Waals surface area contributed by atoms with Crippen LogP contribution in [-0.4, -0.2) is 66.7 Å². The standard InChI is InChI=1S/C27H31ClN4O7/c1-15(30-24(34)17-11-18(28)19(29)12-22(17)37-2)26(36)32-10-6-9-21(32)25(35)31-20-13-23(33)39-27(20)38-14-16-7-4-3-5-8-16/h3-5,7-8,11-12,15,20-21,27H,6,9-10,13-14,29H2,1-2H3,(H,30,34)(H,31,35)/t15-,20-,21-,27?/m0/s1. The highest BCUT2D eigenvalue weighted by Crippen LogP contribution is 2.29. The van der Waals surface area contributed by atoms with E-state index < -0.39 is 48.1 Å². The van der Waals surface area contributed by atoms with Gasteiger partial charge in [0.05, 0.1) is 36.4 Å². The average molecular weight is 559 g/mol. The average Bonchev–Trinajstić information content (AvgIpc) is 3.55. The number of nitrogens with two attached hydrogens (primary N) is 1. The van der Waals surface area contributed by atoms with Gasteiger partial charge >= 0.3 is 5.97 Å². The number of nitrogens with zero attached hydrogens (tertiary/aromatic N) is 1. The maximum atomic E-state index is 13.3. The summed E-state index contributed by atoms with van der Waals surface area (Å²) in [6.45, 7) is 2.10. The van der Waals surface area contributed by atoms with Crippen molar-refractivity contribution >= 4 is 41.0 Å². The maximum absolute atomic E-state index is 13.3. The number of anilines is 1. The Morgan fingerprint density at radius 1 is 1.23 bits per heavy atom. The van der Waals surface area contributed by atoms with Gasteiger partial charge in [-0.2, -0.15) is 0 Å². The fourth-order valence-corrected chi connectivity index (χ4v) is 4.80. The van der Waals surface area contributed by atoms with Crippen LogP contribution in [0.3, 0.4) is 0 Å². The van der Waals surface area contributed by atoms with E-state index in [1.807, 2.05) is 30.3 Å². The molecule has 2 fully saturated rings. The minimum absolute atomic E-state index is 0.0374. The van der Waals surface area contributed by atoms with E-state index in [1.165, 1.54) is 31.1 Å². The summed E-state index contributed by atoms with van der Waals surface area (Å²) in [4.78, 5) is 52.8. The Bertz CT molecular complexity index is 1240. The summed E-state index contributed by atoms with van der Waals surface area (Å²) in [5.41, 5.74) is 7.06. The lowest BCUT2D eigenvalue weighted by Gasteiger charge is -2.28. The predicted octanol–water partition coefficient (Wildman–Crippen LogP) is 2.01. The molecule has 0 spiro atoms. The molecule has 12 heteroatoms. The lowest BCUT2D eigenvalue weighted by Crippen LogP contribution is -2.54. The van der Waals surface area contributed by atoms with Crippen LogP contribution in [0.2, 0.25) is 5.02 Å². The summed E-state index contributed by atoms with van der Waals surface area (Å²) in [6, 6.07) is 9.79. The zero-order valence-electron chi connectivity index (χ0n) is 21.6. The second kappa shape index (κ2) is 12.4. The van der Waals surface area contributed by atoms with Crippen LogP contribution in [0.4, 0.5) is 5.69 Å². The number of ether oxygens (including phenoxy) is 3. The third-order valence-electron chi connectivity index (χ3n) is 6.67. The molecule has 0 bridgehead atoms. The molecule has 2 aliphatic heterocycles. The van der Waals surface area contributed by atoms with E-state index in [-0.39, 0.29) is 35.1 Å². The number of hydrogen-bond donors (Lipinski definition) is 3. The Morgan fingerprint density at radius 2 is 1.97 bits per heavy atom. The van der Waals surface area contributed by atoms with Crippen LogP contribution < -0.4 is 21.1 Å². The number of methoxy groups -OCH3 is 1. The summed E-state index contributed by atoms with van der Waals surface area (Å²) in [5, 5.41) is 5.64. The van der Waals surface area contributed by atoms with Crippen LogP contribution in [-0.2, 0) is 30.5 Å². The predicted molar refractivity (Wildman–Crippen MR) is 142 cm³/mol. The van der Waals surface area contributed by atoms with Crippen molar-refractivity contribution in [2.45, 2.75) is 57.2 Å². The van der Waals surface area contributed by atoms with Crippen LogP contribution in [0, 0.1) is 0 Å². The van der Waals surface area contributed by atoms with Crippen molar-refractivity contribution in [3.8, 4) is 5.75 Å². The number of rotatable bonds is 9. The zero-order valence-corrected chi connectivity index (χ0v) is 22.4. The number of carbonyl (C=O) groups is 4. The molecule has 39 heavy (non-hydrogen) atoms. The molecule has 2 aliphatic rings. The molecule has 2 saturated heterocycles. The molecule has 0 saturated carbocycles. The minimum Gasteiger partial charge on any atom is -0.496 e. The fraction of sp³-hybridized carbons (Fsp3) is 0.407. The van der Waals surface area contributed by atoms with E-state index in [0.717, 1.165) is 5.56 Å². The quantitative estimate of drug-likeness (QED) is 0.312. The van der Waals surface area contributed by atoms with Crippen molar-refractivity contribution < 1.29 is 33.4 Å². The number of halogens is 1. The van der Waals surface area contributed by atoms with Gasteiger partial charge in [0, 0.05) is 12.6 Å². The first-order valence-corrected chi connectivity index (χ1v) is 13.0. The first kappa shape index (κ1) is 28.2. The number of cyclic esters (lactones) is 1. The second-order valence-corrected chi connectivity index (χ2v) is 9.84. The van der Waals surface area contributed by atoms with E-state index in [9.17, 15) is 19.2 Å². The Balaban J connectivity index is 1.37. The van der Waals surface area contributed by atoms with Gasteiger partial charge < -0.3 is 35.5 Å². The molecule has 2 aromatic rings. The van der Waals surface area contributed by atoms with Crippen molar-refractivity contribution in [1.82, 2.24) is 15.5 Å². The van der Waals surface area contributed by atoms with Gasteiger partial charge in [0.25, 0.3) is 5.91 Å². The van der Waals surface area contributed by atoms with Gasteiger partial charge in [-0.3, -0.25) is 19.2 Å². The van der Waals surface area contributed by atoms with E-state index in [0.29, 0.717) is 19.4 Å². The number of hydrogen-bond acceptors (Lipinski definition) is 8. The van der Waals surface area contributed by atoms with Gasteiger partial charge in [-0.05, 0) is 31.4 Å². The van der Waals surface area contributed by atoms with E-state index >= 15 is 0 Å². The highest BCUT2D eigenvalue weighted by Gasteiger charge is 2.41. The normalized spacial score (nSPS) is 21.3. The van der Waals surface area contributed by atoms with Crippen LogP contribution >= 0.6 is 11.6 Å². The van der Waals surface area contributed by atoms with Crippen molar-refractivity contribution in [2.24, 2.45) is 0 Å². The molecule has 11 nitrogen and oxygen atoms in total. The Labute approximate surface area is 230 Å². The van der Waals surface area contributed by atoms with Gasteiger partial charge in [0.1, 0.15) is 23.9 Å². The lowest BCUT2D eigenvalue weighted by molar-refractivity contribution is -0.168. The monoisotopic (exact) mass is 558 g/mol. The molecular weight excluding hydrogens is 528 g/mol. The van der Waals surface area contributed by atoms with Gasteiger partial charge in [-0.1, -0.05) is 41.9 Å². The number of benzene rings is 2. The van der Waals surface area contributed by atoms with E-state index in [2.05, 4.69) is 10.6 Å². The van der Waals surface area contributed by atoms with Crippen LogP contribution in [0.15, 0.2) is 42.5 Å². The summed E-state index contributed by atoms with van der Waals surface area (Å²) in [7, 11) is 1.39. The molecule has 0 radical (unpaired) electrons. The SMILES string of the molecule is COc1cc(N)c(Cl)cc1C(=O)N[C@@H](C)C(=O)N1CCC[C@H]1C(=O)N[C@H]1CC(=O)OC1OCc1ccccc1. The summed E-state index contributed by atoms with van der Waals surface area (Å²) in [5.74, 6) is -1.67. The van der Waals surface area contributed by atoms with E-state index in [4.69, 9.17) is 31.5 Å². The first-order chi connectivity index (χ1) is 18.7. The minimum atomic E-state index is -0.940.